The van der Waals surface area contributed by atoms with Gasteiger partial charge in [-0.2, -0.15) is 0 Å². The van der Waals surface area contributed by atoms with Crippen molar-refractivity contribution in [1.82, 2.24) is 0 Å². The van der Waals surface area contributed by atoms with E-state index in [1.165, 1.54) is 6.07 Å². The van der Waals surface area contributed by atoms with Gasteiger partial charge in [0.05, 0.1) is 10.0 Å². The number of ether oxygens (including phenoxy) is 1. The molecule has 2 nitrogen and oxygen atoms in total. The Morgan fingerprint density at radius 1 is 1.25 bits per heavy atom. The van der Waals surface area contributed by atoms with Gasteiger partial charge < -0.3 is 10.5 Å². The molecule has 0 amide bonds. The Morgan fingerprint density at radius 2 is 2.00 bits per heavy atom. The summed E-state index contributed by atoms with van der Waals surface area (Å²) in [5.74, 6) is 0.0440. The number of halogens is 3. The van der Waals surface area contributed by atoms with Crippen LogP contribution < -0.4 is 10.5 Å². The summed E-state index contributed by atoms with van der Waals surface area (Å²) in [5.41, 5.74) is 7.27. The fourth-order valence-electron chi connectivity index (χ4n) is 1.73. The Labute approximate surface area is 127 Å². The van der Waals surface area contributed by atoms with E-state index in [-0.39, 0.29) is 17.7 Å². The van der Waals surface area contributed by atoms with Crippen molar-refractivity contribution in [2.45, 2.75) is 19.6 Å². The molecule has 2 aromatic carbocycles. The summed E-state index contributed by atoms with van der Waals surface area (Å²) >= 11 is 12.0. The lowest BCUT2D eigenvalue weighted by Gasteiger charge is -2.12. The van der Waals surface area contributed by atoms with E-state index in [4.69, 9.17) is 33.7 Å². The van der Waals surface area contributed by atoms with Crippen molar-refractivity contribution < 1.29 is 9.13 Å². The van der Waals surface area contributed by atoms with E-state index in [9.17, 15) is 4.39 Å². The molecular weight excluding hydrogens is 300 g/mol. The SMILES string of the molecule is C[C@@H](N)c1ccc(OCc2cccc(F)c2Cl)c(Cl)c1. The highest BCUT2D eigenvalue weighted by Gasteiger charge is 2.09. The third kappa shape index (κ3) is 3.42. The van der Waals surface area contributed by atoms with Crippen molar-refractivity contribution in [1.29, 1.82) is 0 Å². The first-order valence-electron chi connectivity index (χ1n) is 6.09. The van der Waals surface area contributed by atoms with Crippen LogP contribution in [0.25, 0.3) is 0 Å². The molecule has 0 fully saturated rings. The predicted octanol–water partition coefficient (Wildman–Crippen LogP) is 4.73. The molecule has 2 aromatic rings. The zero-order valence-corrected chi connectivity index (χ0v) is 12.4. The molecule has 0 aliphatic carbocycles. The van der Waals surface area contributed by atoms with Crippen molar-refractivity contribution in [3.63, 3.8) is 0 Å². The minimum Gasteiger partial charge on any atom is -0.487 e. The third-order valence-electron chi connectivity index (χ3n) is 2.90. The molecule has 1 atom stereocenters. The first-order chi connectivity index (χ1) is 9.49. The molecule has 0 aromatic heterocycles. The molecule has 2 rings (SSSR count). The van der Waals surface area contributed by atoms with Crippen molar-refractivity contribution in [3.05, 3.63) is 63.4 Å². The molecule has 0 saturated carbocycles. The van der Waals surface area contributed by atoms with E-state index in [0.717, 1.165) is 5.56 Å². The Bertz CT molecular complexity index is 617. The van der Waals surface area contributed by atoms with Crippen LogP contribution in [-0.4, -0.2) is 0 Å². The molecule has 0 saturated heterocycles. The number of hydrogen-bond donors (Lipinski definition) is 1. The van der Waals surface area contributed by atoms with Crippen molar-refractivity contribution in [2.75, 3.05) is 0 Å². The Balaban J connectivity index is 2.13. The second kappa shape index (κ2) is 6.44. The molecular formula is C15H14Cl2FNO. The first kappa shape index (κ1) is 15.1. The van der Waals surface area contributed by atoms with Crippen LogP contribution in [0.4, 0.5) is 4.39 Å². The minimum atomic E-state index is -0.467. The molecule has 106 valence electrons. The average Bonchev–Trinajstić information content (AvgIpc) is 2.41. The van der Waals surface area contributed by atoms with Crippen LogP contribution in [0, 0.1) is 5.82 Å². The van der Waals surface area contributed by atoms with Crippen molar-refractivity contribution in [3.8, 4) is 5.75 Å². The van der Waals surface area contributed by atoms with Gasteiger partial charge in [0.1, 0.15) is 18.2 Å². The molecule has 0 spiro atoms. The summed E-state index contributed by atoms with van der Waals surface area (Å²) in [4.78, 5) is 0. The van der Waals surface area contributed by atoms with Crippen LogP contribution in [0.1, 0.15) is 24.1 Å². The van der Waals surface area contributed by atoms with Gasteiger partial charge in [0.2, 0.25) is 0 Å². The maximum absolute atomic E-state index is 13.3. The molecule has 2 N–H and O–H groups in total. The van der Waals surface area contributed by atoms with Crippen molar-refractivity contribution >= 4 is 23.2 Å². The molecule has 0 heterocycles. The van der Waals surface area contributed by atoms with Crippen LogP contribution in [0.3, 0.4) is 0 Å². The molecule has 20 heavy (non-hydrogen) atoms. The fourth-order valence-corrected chi connectivity index (χ4v) is 2.16. The summed E-state index contributed by atoms with van der Waals surface area (Å²) in [6.07, 6.45) is 0. The normalized spacial score (nSPS) is 12.2. The highest BCUT2D eigenvalue weighted by molar-refractivity contribution is 6.32. The number of benzene rings is 2. The number of nitrogens with two attached hydrogens (primary N) is 1. The topological polar surface area (TPSA) is 35.2 Å². The second-order valence-electron chi connectivity index (χ2n) is 4.48. The van der Waals surface area contributed by atoms with Crippen LogP contribution in [0.5, 0.6) is 5.75 Å². The lowest BCUT2D eigenvalue weighted by molar-refractivity contribution is 0.306. The Kier molecular flexibility index (Phi) is 4.86. The summed E-state index contributed by atoms with van der Waals surface area (Å²) in [6, 6.07) is 9.84. The predicted molar refractivity (Wildman–Crippen MR) is 79.8 cm³/mol. The summed E-state index contributed by atoms with van der Waals surface area (Å²) < 4.78 is 18.9. The van der Waals surface area contributed by atoms with Crippen molar-refractivity contribution in [2.24, 2.45) is 5.73 Å². The smallest absolute Gasteiger partial charge is 0.142 e. The maximum atomic E-state index is 13.3. The standard InChI is InChI=1S/C15H14Cl2FNO/c1-9(19)10-5-6-14(12(16)7-10)20-8-11-3-2-4-13(18)15(11)17/h2-7,9H,8,19H2,1H3/t9-/m1/s1. The van der Waals surface area contributed by atoms with Gasteiger partial charge in [-0.1, -0.05) is 41.4 Å². The molecule has 0 unspecified atom stereocenters. The maximum Gasteiger partial charge on any atom is 0.142 e. The van der Waals surface area contributed by atoms with Gasteiger partial charge in [0.25, 0.3) is 0 Å². The van der Waals surface area contributed by atoms with Gasteiger partial charge in [-0.3, -0.25) is 0 Å². The molecule has 0 radical (unpaired) electrons. The Hall–Kier alpha value is -1.29. The van der Waals surface area contributed by atoms with E-state index < -0.39 is 5.82 Å². The van der Waals surface area contributed by atoms with Gasteiger partial charge >= 0.3 is 0 Å². The largest absolute Gasteiger partial charge is 0.487 e. The highest BCUT2D eigenvalue weighted by Crippen LogP contribution is 2.29. The number of hydrogen-bond acceptors (Lipinski definition) is 2. The van der Waals surface area contributed by atoms with E-state index in [1.54, 1.807) is 24.3 Å². The van der Waals surface area contributed by atoms with E-state index in [0.29, 0.717) is 16.3 Å². The first-order valence-corrected chi connectivity index (χ1v) is 6.85. The highest BCUT2D eigenvalue weighted by atomic mass is 35.5. The van der Waals surface area contributed by atoms with Crippen LogP contribution >= 0.6 is 23.2 Å². The van der Waals surface area contributed by atoms with Gasteiger partial charge in [-0.15, -0.1) is 0 Å². The Morgan fingerprint density at radius 3 is 2.65 bits per heavy atom. The molecule has 0 aliphatic heterocycles. The zero-order valence-electron chi connectivity index (χ0n) is 10.9. The van der Waals surface area contributed by atoms with Gasteiger partial charge in [-0.05, 0) is 30.7 Å². The van der Waals surface area contributed by atoms with Gasteiger partial charge in [0.15, 0.2) is 0 Å². The van der Waals surface area contributed by atoms with E-state index in [2.05, 4.69) is 0 Å². The fraction of sp³-hybridized carbons (Fsp3) is 0.200. The average molecular weight is 314 g/mol. The zero-order chi connectivity index (χ0) is 14.7. The monoisotopic (exact) mass is 313 g/mol. The van der Waals surface area contributed by atoms with Crippen LogP contribution in [0.2, 0.25) is 10.0 Å². The van der Waals surface area contributed by atoms with Crippen LogP contribution in [0.15, 0.2) is 36.4 Å². The van der Waals surface area contributed by atoms with E-state index in [1.807, 2.05) is 13.0 Å². The summed E-state index contributed by atoms with van der Waals surface area (Å²) in [5, 5.41) is 0.531. The lowest BCUT2D eigenvalue weighted by atomic mass is 10.1. The third-order valence-corrected chi connectivity index (χ3v) is 3.62. The second-order valence-corrected chi connectivity index (χ2v) is 5.27. The summed E-state index contributed by atoms with van der Waals surface area (Å²) in [6.45, 7) is 2.02. The quantitative estimate of drug-likeness (QED) is 0.885. The van der Waals surface area contributed by atoms with Gasteiger partial charge in [0, 0.05) is 11.6 Å². The molecule has 5 heteroatoms. The molecule has 0 bridgehead atoms. The molecule has 0 aliphatic rings. The minimum absolute atomic E-state index is 0.0656. The number of rotatable bonds is 4. The lowest BCUT2D eigenvalue weighted by Crippen LogP contribution is -2.05. The van der Waals surface area contributed by atoms with Gasteiger partial charge in [-0.25, -0.2) is 4.39 Å². The van der Waals surface area contributed by atoms with Crippen LogP contribution in [-0.2, 0) is 6.61 Å². The van der Waals surface area contributed by atoms with E-state index >= 15 is 0 Å². The summed E-state index contributed by atoms with van der Waals surface area (Å²) in [7, 11) is 0.